The van der Waals surface area contributed by atoms with Crippen LogP contribution in [-0.4, -0.2) is 19.9 Å². The van der Waals surface area contributed by atoms with E-state index in [-0.39, 0.29) is 0 Å². The van der Waals surface area contributed by atoms with Crippen LogP contribution in [0.2, 0.25) is 5.02 Å². The van der Waals surface area contributed by atoms with Crippen LogP contribution >= 0.6 is 11.6 Å². The number of nitrogens with one attached hydrogen (secondary N) is 1. The van der Waals surface area contributed by atoms with Crippen molar-refractivity contribution in [1.82, 2.24) is 19.9 Å². The van der Waals surface area contributed by atoms with Crippen LogP contribution in [0, 0.1) is 0 Å². The van der Waals surface area contributed by atoms with Crippen molar-refractivity contribution in [2.75, 3.05) is 5.32 Å². The molecule has 0 aliphatic heterocycles. The zero-order valence-corrected chi connectivity index (χ0v) is 11.1. The van der Waals surface area contributed by atoms with Crippen LogP contribution in [0.5, 0.6) is 0 Å². The van der Waals surface area contributed by atoms with E-state index >= 15 is 0 Å². The third-order valence-electron chi connectivity index (χ3n) is 2.55. The van der Waals surface area contributed by atoms with Crippen molar-refractivity contribution in [2.24, 2.45) is 0 Å². The number of hydrogen-bond acceptors (Lipinski definition) is 5. The number of rotatable bonds is 3. The quantitative estimate of drug-likeness (QED) is 0.799. The van der Waals surface area contributed by atoms with Crippen molar-refractivity contribution in [1.29, 1.82) is 0 Å². The normalized spacial score (nSPS) is 10.2. The van der Waals surface area contributed by atoms with Crippen LogP contribution in [0.4, 0.5) is 11.5 Å². The summed E-state index contributed by atoms with van der Waals surface area (Å²) in [4.78, 5) is 16.9. The Morgan fingerprint density at radius 2 is 1.70 bits per heavy atom. The predicted octanol–water partition coefficient (Wildman–Crippen LogP) is 3.33. The predicted molar refractivity (Wildman–Crippen MR) is 77.8 cm³/mol. The standard InChI is InChI=1S/C14H10ClN5/c15-10-2-4-11(5-3-10)19-13-9-16-8-12(20-13)14-17-6-1-7-18-14/h1-9H,(H,19,20). The van der Waals surface area contributed by atoms with E-state index in [9.17, 15) is 0 Å². The van der Waals surface area contributed by atoms with Crippen LogP contribution in [0.1, 0.15) is 0 Å². The molecule has 0 aliphatic rings. The molecule has 0 aliphatic carbocycles. The summed E-state index contributed by atoms with van der Waals surface area (Å²) < 4.78 is 0. The average Bonchev–Trinajstić information content (AvgIpc) is 2.51. The molecule has 0 radical (unpaired) electrons. The average molecular weight is 284 g/mol. The summed E-state index contributed by atoms with van der Waals surface area (Å²) in [7, 11) is 0. The summed E-state index contributed by atoms with van der Waals surface area (Å²) >= 11 is 5.85. The van der Waals surface area contributed by atoms with Crippen molar-refractivity contribution < 1.29 is 0 Å². The SMILES string of the molecule is Clc1ccc(Nc2cncc(-c3ncccn3)n2)cc1. The molecule has 20 heavy (non-hydrogen) atoms. The minimum Gasteiger partial charge on any atom is -0.339 e. The molecular weight excluding hydrogens is 274 g/mol. The van der Waals surface area contributed by atoms with E-state index < -0.39 is 0 Å². The highest BCUT2D eigenvalue weighted by Crippen LogP contribution is 2.18. The van der Waals surface area contributed by atoms with Crippen LogP contribution < -0.4 is 5.32 Å². The molecule has 0 saturated carbocycles. The van der Waals surface area contributed by atoms with Gasteiger partial charge in [0.2, 0.25) is 0 Å². The van der Waals surface area contributed by atoms with Crippen molar-refractivity contribution in [2.45, 2.75) is 0 Å². The molecule has 0 bridgehead atoms. The fraction of sp³-hybridized carbons (Fsp3) is 0. The Morgan fingerprint density at radius 3 is 2.45 bits per heavy atom. The first-order valence-electron chi connectivity index (χ1n) is 5.93. The van der Waals surface area contributed by atoms with E-state index in [2.05, 4.69) is 25.3 Å². The molecule has 0 unspecified atom stereocenters. The Bertz CT molecular complexity index is 700. The van der Waals surface area contributed by atoms with Gasteiger partial charge in [0.15, 0.2) is 5.82 Å². The Morgan fingerprint density at radius 1 is 0.950 bits per heavy atom. The molecule has 1 aromatic carbocycles. The van der Waals surface area contributed by atoms with Crippen molar-refractivity contribution >= 4 is 23.1 Å². The highest BCUT2D eigenvalue weighted by atomic mass is 35.5. The van der Waals surface area contributed by atoms with Crippen LogP contribution in [-0.2, 0) is 0 Å². The Kier molecular flexibility index (Phi) is 3.52. The van der Waals surface area contributed by atoms with Gasteiger partial charge in [-0.15, -0.1) is 0 Å². The van der Waals surface area contributed by atoms with Gasteiger partial charge in [0.25, 0.3) is 0 Å². The summed E-state index contributed by atoms with van der Waals surface area (Å²) in [5.74, 6) is 1.16. The Hall–Kier alpha value is -2.53. The molecule has 3 rings (SSSR count). The molecule has 0 amide bonds. The summed E-state index contributed by atoms with van der Waals surface area (Å²) in [6.07, 6.45) is 6.61. The summed E-state index contributed by atoms with van der Waals surface area (Å²) in [5.41, 5.74) is 1.50. The van der Waals surface area contributed by atoms with Gasteiger partial charge in [-0.3, -0.25) is 4.98 Å². The number of benzene rings is 1. The van der Waals surface area contributed by atoms with Crippen LogP contribution in [0.15, 0.2) is 55.1 Å². The molecule has 3 aromatic rings. The third-order valence-corrected chi connectivity index (χ3v) is 2.80. The van der Waals surface area contributed by atoms with Crippen LogP contribution in [0.25, 0.3) is 11.5 Å². The first kappa shape index (κ1) is 12.5. The lowest BCUT2D eigenvalue weighted by Crippen LogP contribution is -1.97. The first-order valence-corrected chi connectivity index (χ1v) is 6.31. The first-order chi connectivity index (χ1) is 9.81. The largest absolute Gasteiger partial charge is 0.339 e. The molecule has 0 fully saturated rings. The number of aromatic nitrogens is 4. The Balaban J connectivity index is 1.86. The molecule has 0 spiro atoms. The molecule has 6 heteroatoms. The van der Waals surface area contributed by atoms with Gasteiger partial charge in [-0.2, -0.15) is 0 Å². The fourth-order valence-corrected chi connectivity index (χ4v) is 1.77. The lowest BCUT2D eigenvalue weighted by atomic mass is 10.3. The monoisotopic (exact) mass is 283 g/mol. The maximum absolute atomic E-state index is 5.85. The highest BCUT2D eigenvalue weighted by molar-refractivity contribution is 6.30. The molecule has 5 nitrogen and oxygen atoms in total. The maximum atomic E-state index is 5.85. The van der Waals surface area contributed by atoms with Gasteiger partial charge in [-0.1, -0.05) is 11.6 Å². The van der Waals surface area contributed by atoms with Gasteiger partial charge in [-0.25, -0.2) is 15.0 Å². The third kappa shape index (κ3) is 2.89. The minimum absolute atomic E-state index is 0.541. The van der Waals surface area contributed by atoms with Gasteiger partial charge in [0.05, 0.1) is 12.4 Å². The number of hydrogen-bond donors (Lipinski definition) is 1. The summed E-state index contributed by atoms with van der Waals surface area (Å²) in [6, 6.07) is 9.11. The second kappa shape index (κ2) is 5.63. The maximum Gasteiger partial charge on any atom is 0.179 e. The lowest BCUT2D eigenvalue weighted by molar-refractivity contribution is 1.11. The van der Waals surface area contributed by atoms with Gasteiger partial charge in [-0.05, 0) is 30.3 Å². The summed E-state index contributed by atoms with van der Waals surface area (Å²) in [5, 5.41) is 3.84. The van der Waals surface area contributed by atoms with Crippen molar-refractivity contribution in [3.05, 3.63) is 60.1 Å². The second-order valence-electron chi connectivity index (χ2n) is 3.99. The van der Waals surface area contributed by atoms with E-state index in [0.717, 1.165) is 5.69 Å². The number of nitrogens with zero attached hydrogens (tertiary/aromatic N) is 4. The van der Waals surface area contributed by atoms with Crippen LogP contribution in [0.3, 0.4) is 0 Å². The van der Waals surface area contributed by atoms with Gasteiger partial charge in [0.1, 0.15) is 11.5 Å². The van der Waals surface area contributed by atoms with Crippen molar-refractivity contribution in [3.63, 3.8) is 0 Å². The lowest BCUT2D eigenvalue weighted by Gasteiger charge is -2.06. The molecule has 2 aromatic heterocycles. The second-order valence-corrected chi connectivity index (χ2v) is 4.43. The topological polar surface area (TPSA) is 63.6 Å². The van der Waals surface area contributed by atoms with Gasteiger partial charge in [0, 0.05) is 23.1 Å². The zero-order chi connectivity index (χ0) is 13.8. The molecular formula is C14H10ClN5. The van der Waals surface area contributed by atoms with E-state index in [0.29, 0.717) is 22.4 Å². The van der Waals surface area contributed by atoms with E-state index in [1.165, 1.54) is 0 Å². The van der Waals surface area contributed by atoms with E-state index in [1.807, 2.05) is 24.3 Å². The molecule has 0 saturated heterocycles. The zero-order valence-electron chi connectivity index (χ0n) is 10.4. The fourth-order valence-electron chi connectivity index (χ4n) is 1.65. The van der Waals surface area contributed by atoms with E-state index in [1.54, 1.807) is 30.9 Å². The van der Waals surface area contributed by atoms with E-state index in [4.69, 9.17) is 11.6 Å². The van der Waals surface area contributed by atoms with Gasteiger partial charge < -0.3 is 5.32 Å². The van der Waals surface area contributed by atoms with Gasteiger partial charge >= 0.3 is 0 Å². The molecule has 0 atom stereocenters. The number of halogens is 1. The summed E-state index contributed by atoms with van der Waals surface area (Å²) in [6.45, 7) is 0. The molecule has 1 N–H and O–H groups in total. The van der Waals surface area contributed by atoms with Crippen molar-refractivity contribution in [3.8, 4) is 11.5 Å². The number of anilines is 2. The highest BCUT2D eigenvalue weighted by Gasteiger charge is 2.04. The molecule has 2 heterocycles. The Labute approximate surface area is 120 Å². The molecule has 98 valence electrons. The smallest absolute Gasteiger partial charge is 0.179 e. The minimum atomic E-state index is 0.541.